The molecule has 216 valence electrons. The number of carbonyl (C=O) groups is 1. The highest BCUT2D eigenvalue weighted by Crippen LogP contribution is 2.32. The fourth-order valence-electron chi connectivity index (χ4n) is 4.63. The first-order chi connectivity index (χ1) is 15.9. The number of unbranched alkanes of at least 4 members (excludes halogenated alkanes) is 1. The van der Waals surface area contributed by atoms with Crippen molar-refractivity contribution in [2.75, 3.05) is 0 Å². The van der Waals surface area contributed by atoms with E-state index < -0.39 is 57.0 Å². The molecule has 3 atom stereocenters. The van der Waals surface area contributed by atoms with Gasteiger partial charge in [-0.2, -0.15) is 0 Å². The maximum Gasteiger partial charge on any atom is 0.324 e. The molecule has 36 heavy (non-hydrogen) atoms. The molecule has 7 nitrogen and oxygen atoms in total. The molecule has 0 aromatic heterocycles. The van der Waals surface area contributed by atoms with E-state index in [1.807, 2.05) is 26.2 Å². The summed E-state index contributed by atoms with van der Waals surface area (Å²) >= 11 is 0. The molecular weight excluding hydrogens is 557 g/mol. The van der Waals surface area contributed by atoms with Crippen LogP contribution < -0.4 is 0 Å². The number of carbonyl (C=O) groups excluding carboxylic acids is 1. The Kier molecular flexibility index (Phi) is 16.4. The minimum absolute atomic E-state index is 0.0321. The van der Waals surface area contributed by atoms with Gasteiger partial charge >= 0.3 is 34.2 Å². The van der Waals surface area contributed by atoms with Gasteiger partial charge in [-0.05, 0) is 91.9 Å². The van der Waals surface area contributed by atoms with Gasteiger partial charge in [0.2, 0.25) is 0 Å². The summed E-state index contributed by atoms with van der Waals surface area (Å²) in [4.78, 5) is 12.3. The molecule has 0 saturated heterocycles. The highest BCUT2D eigenvalue weighted by molar-refractivity contribution is 6.92. The highest BCUT2D eigenvalue weighted by Gasteiger charge is 2.51. The Bertz CT molecular complexity index is 666. The van der Waals surface area contributed by atoms with Crippen LogP contribution in [-0.2, 0) is 25.4 Å². The summed E-state index contributed by atoms with van der Waals surface area (Å²) in [5.74, 6) is 0.0321. The SMILES string of the molecule is C=C.CCCCC(O)C[Si](C)(O[Si](C)(C)O[Si](C)(C)C)O[Si](C)(CC(C)=O)O[Si](C)(C)O[Si](C)(C)C. The number of hydrogen-bond acceptors (Lipinski definition) is 7. The lowest BCUT2D eigenvalue weighted by atomic mass is 10.2. The minimum atomic E-state index is -3.03. The molecule has 0 bridgehead atoms. The van der Waals surface area contributed by atoms with E-state index in [9.17, 15) is 9.90 Å². The van der Waals surface area contributed by atoms with E-state index in [1.54, 1.807) is 6.92 Å². The van der Waals surface area contributed by atoms with E-state index in [4.69, 9.17) is 20.6 Å². The highest BCUT2D eigenvalue weighted by atomic mass is 28.5. The zero-order valence-electron chi connectivity index (χ0n) is 25.9. The van der Waals surface area contributed by atoms with Crippen molar-refractivity contribution in [3.05, 3.63) is 13.2 Å². The van der Waals surface area contributed by atoms with Crippen LogP contribution in [0.2, 0.25) is 90.7 Å². The van der Waals surface area contributed by atoms with Crippen molar-refractivity contribution in [3.8, 4) is 0 Å². The van der Waals surface area contributed by atoms with Gasteiger partial charge in [-0.15, -0.1) is 13.2 Å². The Balaban J connectivity index is 0. The third-order valence-corrected chi connectivity index (χ3v) is 26.6. The Morgan fingerprint density at radius 2 is 1.11 bits per heavy atom. The number of aliphatic hydroxyl groups is 1. The van der Waals surface area contributed by atoms with Crippen LogP contribution in [0.5, 0.6) is 0 Å². The van der Waals surface area contributed by atoms with Crippen molar-refractivity contribution in [3.63, 3.8) is 0 Å². The number of ketones is 1. The van der Waals surface area contributed by atoms with Crippen LogP contribution >= 0.6 is 0 Å². The fraction of sp³-hybridized carbons (Fsp3) is 0.870. The maximum atomic E-state index is 12.3. The van der Waals surface area contributed by atoms with Crippen LogP contribution in [0.15, 0.2) is 13.2 Å². The molecule has 0 aliphatic rings. The van der Waals surface area contributed by atoms with Gasteiger partial charge in [0.25, 0.3) is 0 Å². The Morgan fingerprint density at radius 1 is 0.722 bits per heavy atom. The topological polar surface area (TPSA) is 83.5 Å². The molecule has 0 aromatic carbocycles. The van der Waals surface area contributed by atoms with Crippen LogP contribution in [0.1, 0.15) is 33.1 Å². The predicted molar refractivity (Wildman–Crippen MR) is 167 cm³/mol. The normalized spacial score (nSPS) is 17.4. The van der Waals surface area contributed by atoms with E-state index in [-0.39, 0.29) is 11.8 Å². The summed E-state index contributed by atoms with van der Waals surface area (Å²) in [7, 11) is -14.8. The van der Waals surface area contributed by atoms with Gasteiger partial charge in [-0.25, -0.2) is 0 Å². The van der Waals surface area contributed by atoms with Gasteiger partial charge in [-0.1, -0.05) is 19.8 Å². The lowest BCUT2D eigenvalue weighted by molar-refractivity contribution is -0.115. The fourth-order valence-corrected chi connectivity index (χ4v) is 33.8. The molecule has 0 rings (SSSR count). The van der Waals surface area contributed by atoms with Crippen molar-refractivity contribution in [1.29, 1.82) is 0 Å². The zero-order chi connectivity index (χ0) is 29.2. The van der Waals surface area contributed by atoms with Crippen LogP contribution in [0.25, 0.3) is 0 Å². The number of rotatable bonds is 17. The first kappa shape index (κ1) is 38.6. The largest absolute Gasteiger partial charge is 0.437 e. The molecule has 0 aromatic rings. The second-order valence-electron chi connectivity index (χ2n) is 12.7. The lowest BCUT2D eigenvalue weighted by Crippen LogP contribution is -2.62. The van der Waals surface area contributed by atoms with E-state index in [1.165, 1.54) is 0 Å². The smallest absolute Gasteiger partial charge is 0.324 e. The quantitative estimate of drug-likeness (QED) is 0.137. The summed E-state index contributed by atoms with van der Waals surface area (Å²) in [6, 6.07) is 0.658. The average Bonchev–Trinajstić information content (AvgIpc) is 2.53. The second kappa shape index (κ2) is 15.3. The average molecular weight is 615 g/mol. The van der Waals surface area contributed by atoms with Crippen molar-refractivity contribution >= 4 is 56.7 Å². The molecule has 3 unspecified atom stereocenters. The summed E-state index contributed by atoms with van der Waals surface area (Å²) in [6.45, 7) is 34.7. The van der Waals surface area contributed by atoms with Crippen LogP contribution in [0.3, 0.4) is 0 Å². The standard InChI is InChI=1S/C21H54O7Si6.C2H4/c1-15-16-17-21(23)19-34(14,27-32(11,12)25-30(6,7)8)28-33(13,18-20(2)22)26-31(9,10)24-29(3,4)5;1-2/h21,23H,15-19H2,1-14H3;1-2H2. The summed E-state index contributed by atoms with van der Waals surface area (Å²) < 4.78 is 33.3. The number of aliphatic hydroxyl groups excluding tert-OH is 1. The molecule has 0 fully saturated rings. The van der Waals surface area contributed by atoms with Crippen molar-refractivity contribution in [1.82, 2.24) is 0 Å². The summed E-state index contributed by atoms with van der Waals surface area (Å²) in [5.41, 5.74) is 0. The van der Waals surface area contributed by atoms with Gasteiger partial charge in [-0.3, -0.25) is 0 Å². The number of Topliss-reactive ketones (excluding diaryl/α,β-unsaturated/α-hetero) is 1. The molecular formula is C23H58O7Si6. The van der Waals surface area contributed by atoms with Gasteiger partial charge in [0.05, 0.1) is 6.10 Å². The van der Waals surface area contributed by atoms with Gasteiger partial charge < -0.3 is 30.5 Å². The molecule has 0 spiro atoms. The molecule has 0 heterocycles. The van der Waals surface area contributed by atoms with Crippen LogP contribution in [0, 0.1) is 0 Å². The molecule has 13 heteroatoms. The van der Waals surface area contributed by atoms with Gasteiger partial charge in [0.1, 0.15) is 5.78 Å². The predicted octanol–water partition coefficient (Wildman–Crippen LogP) is 7.23. The molecule has 0 amide bonds. The number of hydrogen-bond donors (Lipinski definition) is 1. The Hall–Kier alpha value is 0.471. The van der Waals surface area contributed by atoms with Gasteiger partial charge in [0, 0.05) is 12.1 Å². The molecule has 0 aliphatic carbocycles. The summed E-state index contributed by atoms with van der Waals surface area (Å²) in [6.07, 6.45) is 2.14. The Labute approximate surface area is 229 Å². The zero-order valence-corrected chi connectivity index (χ0v) is 31.9. The van der Waals surface area contributed by atoms with E-state index in [0.29, 0.717) is 12.5 Å². The molecule has 0 saturated carbocycles. The van der Waals surface area contributed by atoms with E-state index in [0.717, 1.165) is 12.8 Å². The van der Waals surface area contributed by atoms with Crippen LogP contribution in [0.4, 0.5) is 0 Å². The van der Waals surface area contributed by atoms with Crippen LogP contribution in [-0.4, -0.2) is 67.9 Å². The first-order valence-electron chi connectivity index (χ1n) is 13.1. The third-order valence-electron chi connectivity index (χ3n) is 4.53. The minimum Gasteiger partial charge on any atom is -0.437 e. The maximum absolute atomic E-state index is 12.3. The van der Waals surface area contributed by atoms with E-state index >= 15 is 0 Å². The second-order valence-corrected chi connectivity index (χ2v) is 36.1. The first-order valence-corrected chi connectivity index (χ1v) is 30.6. The lowest BCUT2D eigenvalue weighted by Gasteiger charge is -2.45. The monoisotopic (exact) mass is 614 g/mol. The Morgan fingerprint density at radius 3 is 1.44 bits per heavy atom. The van der Waals surface area contributed by atoms with Gasteiger partial charge in [0.15, 0.2) is 16.6 Å². The van der Waals surface area contributed by atoms with Crippen molar-refractivity contribution in [2.24, 2.45) is 0 Å². The molecule has 1 N–H and O–H groups in total. The summed E-state index contributed by atoms with van der Waals surface area (Å²) in [5, 5.41) is 10.9. The van der Waals surface area contributed by atoms with Crippen molar-refractivity contribution < 1.29 is 30.5 Å². The third kappa shape index (κ3) is 19.5. The van der Waals surface area contributed by atoms with Crippen molar-refractivity contribution in [2.45, 2.75) is 130 Å². The molecule has 0 aliphatic heterocycles. The van der Waals surface area contributed by atoms with E-state index in [2.05, 4.69) is 72.5 Å². The molecule has 0 radical (unpaired) electrons.